The molecule has 1 rings (SSSR count). The number of rotatable bonds is 6. The van der Waals surface area contributed by atoms with Crippen LogP contribution >= 0.6 is 0 Å². The van der Waals surface area contributed by atoms with E-state index in [4.69, 9.17) is 4.74 Å². The van der Waals surface area contributed by atoms with Gasteiger partial charge in [0.25, 0.3) is 0 Å². The van der Waals surface area contributed by atoms with Gasteiger partial charge in [-0.05, 0) is 30.9 Å². The topological polar surface area (TPSA) is 38.3 Å². The second-order valence-corrected chi connectivity index (χ2v) is 3.84. The van der Waals surface area contributed by atoms with Crippen molar-refractivity contribution in [2.45, 2.75) is 33.6 Å². The highest BCUT2D eigenvalue weighted by atomic mass is 16.5. The number of carbonyl (C=O) groups excluding carboxylic acids is 1. The average molecular weight is 235 g/mol. The number of hydrogen-bond donors (Lipinski definition) is 1. The second-order valence-electron chi connectivity index (χ2n) is 3.84. The number of para-hydroxylation sites is 1. The van der Waals surface area contributed by atoms with Gasteiger partial charge in [0, 0.05) is 12.3 Å². The summed E-state index contributed by atoms with van der Waals surface area (Å²) in [5, 5.41) is 2.95. The molecule has 1 amide bonds. The summed E-state index contributed by atoms with van der Waals surface area (Å²) in [6.45, 7) is 6.74. The molecule has 0 bridgehead atoms. The zero-order chi connectivity index (χ0) is 12.7. The number of anilines is 1. The molecule has 0 saturated carbocycles. The SMILES string of the molecule is CCOCC(=O)Nc1c(CC)cccc1CC. The van der Waals surface area contributed by atoms with E-state index in [1.165, 1.54) is 11.1 Å². The predicted octanol–water partition coefficient (Wildman–Crippen LogP) is 2.79. The number of benzene rings is 1. The number of ether oxygens (including phenoxy) is 1. The fourth-order valence-electron chi connectivity index (χ4n) is 1.77. The molecule has 0 aliphatic carbocycles. The molecule has 0 radical (unpaired) electrons. The first-order chi connectivity index (χ1) is 8.22. The summed E-state index contributed by atoms with van der Waals surface area (Å²) < 4.78 is 5.10. The lowest BCUT2D eigenvalue weighted by Gasteiger charge is -2.14. The summed E-state index contributed by atoms with van der Waals surface area (Å²) in [7, 11) is 0. The van der Waals surface area contributed by atoms with Gasteiger partial charge in [-0.25, -0.2) is 0 Å². The molecular formula is C14H21NO2. The number of nitrogens with one attached hydrogen (secondary N) is 1. The maximum absolute atomic E-state index is 11.7. The minimum absolute atomic E-state index is 0.0811. The Bertz CT molecular complexity index is 352. The van der Waals surface area contributed by atoms with Crippen LogP contribution in [0.5, 0.6) is 0 Å². The molecule has 0 heterocycles. The number of hydrogen-bond acceptors (Lipinski definition) is 2. The van der Waals surface area contributed by atoms with Crippen LogP contribution in [-0.4, -0.2) is 19.1 Å². The van der Waals surface area contributed by atoms with E-state index in [2.05, 4.69) is 31.3 Å². The summed E-state index contributed by atoms with van der Waals surface area (Å²) in [5.41, 5.74) is 3.31. The highest BCUT2D eigenvalue weighted by molar-refractivity contribution is 5.93. The van der Waals surface area contributed by atoms with Gasteiger partial charge in [0.2, 0.25) is 5.91 Å². The Hall–Kier alpha value is -1.35. The highest BCUT2D eigenvalue weighted by Gasteiger charge is 2.09. The summed E-state index contributed by atoms with van der Waals surface area (Å²) in [4.78, 5) is 11.7. The van der Waals surface area contributed by atoms with E-state index >= 15 is 0 Å². The van der Waals surface area contributed by atoms with E-state index in [9.17, 15) is 4.79 Å². The third-order valence-corrected chi connectivity index (χ3v) is 2.70. The van der Waals surface area contributed by atoms with Gasteiger partial charge in [0.1, 0.15) is 6.61 Å². The van der Waals surface area contributed by atoms with Crippen LogP contribution < -0.4 is 5.32 Å². The molecule has 0 spiro atoms. The van der Waals surface area contributed by atoms with Crippen molar-refractivity contribution in [2.24, 2.45) is 0 Å². The smallest absolute Gasteiger partial charge is 0.250 e. The molecule has 0 saturated heterocycles. The molecule has 0 aliphatic heterocycles. The monoisotopic (exact) mass is 235 g/mol. The number of amides is 1. The van der Waals surface area contributed by atoms with Crippen molar-refractivity contribution in [3.05, 3.63) is 29.3 Å². The zero-order valence-electron chi connectivity index (χ0n) is 10.9. The molecule has 17 heavy (non-hydrogen) atoms. The summed E-state index contributed by atoms with van der Waals surface area (Å²) in [6, 6.07) is 6.14. The lowest BCUT2D eigenvalue weighted by atomic mass is 10.0. The first kappa shape index (κ1) is 13.7. The van der Waals surface area contributed by atoms with Crippen LogP contribution in [0.1, 0.15) is 31.9 Å². The molecule has 3 nitrogen and oxygen atoms in total. The Kier molecular flexibility index (Phi) is 5.70. The normalized spacial score (nSPS) is 10.3. The van der Waals surface area contributed by atoms with Gasteiger partial charge < -0.3 is 10.1 Å². The van der Waals surface area contributed by atoms with Crippen LogP contribution in [0.15, 0.2) is 18.2 Å². The maximum Gasteiger partial charge on any atom is 0.250 e. The van der Waals surface area contributed by atoms with Crippen LogP contribution in [0.3, 0.4) is 0 Å². The molecule has 0 atom stereocenters. The van der Waals surface area contributed by atoms with Gasteiger partial charge in [-0.3, -0.25) is 4.79 Å². The quantitative estimate of drug-likeness (QED) is 0.823. The molecule has 1 aromatic carbocycles. The fraction of sp³-hybridized carbons (Fsp3) is 0.500. The van der Waals surface area contributed by atoms with E-state index in [0.29, 0.717) is 6.61 Å². The van der Waals surface area contributed by atoms with Crippen LogP contribution in [-0.2, 0) is 22.4 Å². The first-order valence-electron chi connectivity index (χ1n) is 6.21. The Morgan fingerprint density at radius 1 is 1.18 bits per heavy atom. The van der Waals surface area contributed by atoms with E-state index in [-0.39, 0.29) is 12.5 Å². The number of aryl methyl sites for hydroxylation is 2. The summed E-state index contributed by atoms with van der Waals surface area (Å²) in [5.74, 6) is -0.0811. The van der Waals surface area contributed by atoms with E-state index in [1.54, 1.807) is 0 Å². The summed E-state index contributed by atoms with van der Waals surface area (Å²) in [6.07, 6.45) is 1.83. The highest BCUT2D eigenvalue weighted by Crippen LogP contribution is 2.22. The van der Waals surface area contributed by atoms with Crippen molar-refractivity contribution in [1.82, 2.24) is 0 Å². The van der Waals surface area contributed by atoms with Gasteiger partial charge in [0.15, 0.2) is 0 Å². The second kappa shape index (κ2) is 7.07. The molecule has 94 valence electrons. The van der Waals surface area contributed by atoms with Crippen molar-refractivity contribution < 1.29 is 9.53 Å². The van der Waals surface area contributed by atoms with Crippen molar-refractivity contribution >= 4 is 11.6 Å². The molecule has 0 fully saturated rings. The minimum Gasteiger partial charge on any atom is -0.372 e. The van der Waals surface area contributed by atoms with Crippen LogP contribution in [0, 0.1) is 0 Å². The maximum atomic E-state index is 11.7. The van der Waals surface area contributed by atoms with Gasteiger partial charge in [-0.2, -0.15) is 0 Å². The third kappa shape index (κ3) is 3.86. The molecule has 0 aliphatic rings. The van der Waals surface area contributed by atoms with E-state index in [1.807, 2.05) is 13.0 Å². The fourth-order valence-corrected chi connectivity index (χ4v) is 1.77. The molecular weight excluding hydrogens is 214 g/mol. The molecule has 1 aromatic rings. The van der Waals surface area contributed by atoms with Crippen LogP contribution in [0.2, 0.25) is 0 Å². The van der Waals surface area contributed by atoms with E-state index in [0.717, 1.165) is 18.5 Å². The lowest BCUT2D eigenvalue weighted by Crippen LogP contribution is -2.20. The Balaban J connectivity index is 2.83. The zero-order valence-corrected chi connectivity index (χ0v) is 10.9. The van der Waals surface area contributed by atoms with Crippen LogP contribution in [0.4, 0.5) is 5.69 Å². The van der Waals surface area contributed by atoms with Gasteiger partial charge >= 0.3 is 0 Å². The standard InChI is InChI=1S/C14H21NO2/c1-4-11-8-7-9-12(5-2)14(11)15-13(16)10-17-6-3/h7-9H,4-6,10H2,1-3H3,(H,15,16). The van der Waals surface area contributed by atoms with E-state index < -0.39 is 0 Å². The molecule has 0 unspecified atom stereocenters. The largest absolute Gasteiger partial charge is 0.372 e. The number of carbonyl (C=O) groups is 1. The van der Waals surface area contributed by atoms with Gasteiger partial charge in [-0.1, -0.05) is 32.0 Å². The predicted molar refractivity (Wildman–Crippen MR) is 70.3 cm³/mol. The molecule has 3 heteroatoms. The summed E-state index contributed by atoms with van der Waals surface area (Å²) >= 11 is 0. The van der Waals surface area contributed by atoms with Crippen molar-refractivity contribution in [1.29, 1.82) is 0 Å². The lowest BCUT2D eigenvalue weighted by molar-refractivity contribution is -0.120. The van der Waals surface area contributed by atoms with Crippen molar-refractivity contribution in [2.75, 3.05) is 18.5 Å². The van der Waals surface area contributed by atoms with Crippen LogP contribution in [0.25, 0.3) is 0 Å². The Morgan fingerprint density at radius 3 is 2.24 bits per heavy atom. The van der Waals surface area contributed by atoms with Crippen molar-refractivity contribution in [3.8, 4) is 0 Å². The first-order valence-corrected chi connectivity index (χ1v) is 6.21. The van der Waals surface area contributed by atoms with Crippen molar-refractivity contribution in [3.63, 3.8) is 0 Å². The van der Waals surface area contributed by atoms with Gasteiger partial charge in [0.05, 0.1) is 0 Å². The average Bonchev–Trinajstić information content (AvgIpc) is 2.36. The van der Waals surface area contributed by atoms with Gasteiger partial charge in [-0.15, -0.1) is 0 Å². The minimum atomic E-state index is -0.0811. The Labute approximate surface area is 103 Å². The molecule has 1 N–H and O–H groups in total. The third-order valence-electron chi connectivity index (χ3n) is 2.70. The molecule has 0 aromatic heterocycles. The Morgan fingerprint density at radius 2 is 1.76 bits per heavy atom.